The number of carbonyl (C=O) groups is 1. The standard InChI is InChI=1S/C29H35N3O3/c1-5-14-32(15-6-2)24-11-10-21-16-23(9-8-22(21)17-24)28-13-12-27(35-28)20(4)26(18-30)29(34)31-19-25(33)7-3/h8-13,16-17,25,33H,5-7,14-15,19H2,1-4H3,(H,31,34)/b26-20+. The number of hydrogen-bond acceptors (Lipinski definition) is 5. The highest BCUT2D eigenvalue weighted by Gasteiger charge is 2.17. The third kappa shape index (κ3) is 6.32. The van der Waals surface area contributed by atoms with E-state index in [0.29, 0.717) is 23.5 Å². The fourth-order valence-electron chi connectivity index (χ4n) is 4.06. The zero-order valence-corrected chi connectivity index (χ0v) is 21.1. The highest BCUT2D eigenvalue weighted by Crippen LogP contribution is 2.31. The first-order chi connectivity index (χ1) is 16.9. The summed E-state index contributed by atoms with van der Waals surface area (Å²) in [6.07, 6.45) is 2.11. The monoisotopic (exact) mass is 473 g/mol. The van der Waals surface area contributed by atoms with E-state index in [4.69, 9.17) is 4.42 Å². The van der Waals surface area contributed by atoms with Crippen LogP contribution in [0.15, 0.2) is 58.5 Å². The molecule has 6 nitrogen and oxygen atoms in total. The molecule has 6 heteroatoms. The van der Waals surface area contributed by atoms with Gasteiger partial charge in [0.15, 0.2) is 0 Å². The summed E-state index contributed by atoms with van der Waals surface area (Å²) in [5.74, 6) is 0.619. The lowest BCUT2D eigenvalue weighted by Crippen LogP contribution is -2.32. The van der Waals surface area contributed by atoms with Gasteiger partial charge in [0, 0.05) is 36.5 Å². The Morgan fingerprint density at radius 1 is 1.06 bits per heavy atom. The number of nitrogens with zero attached hydrogens (tertiary/aromatic N) is 2. The summed E-state index contributed by atoms with van der Waals surface area (Å²) in [5.41, 5.74) is 2.60. The van der Waals surface area contributed by atoms with E-state index >= 15 is 0 Å². The third-order valence-electron chi connectivity index (χ3n) is 6.12. The molecule has 1 unspecified atom stereocenters. The molecule has 2 N–H and O–H groups in total. The van der Waals surface area contributed by atoms with E-state index in [-0.39, 0.29) is 12.1 Å². The molecule has 0 saturated heterocycles. The van der Waals surface area contributed by atoms with Crippen molar-refractivity contribution in [1.82, 2.24) is 5.32 Å². The van der Waals surface area contributed by atoms with Gasteiger partial charge >= 0.3 is 0 Å². The summed E-state index contributed by atoms with van der Waals surface area (Å²) in [7, 11) is 0. The molecule has 0 radical (unpaired) electrons. The predicted octanol–water partition coefficient (Wildman–Crippen LogP) is 5.91. The van der Waals surface area contributed by atoms with Crippen LogP contribution in [0.1, 0.15) is 52.7 Å². The van der Waals surface area contributed by atoms with Crippen molar-refractivity contribution in [2.24, 2.45) is 0 Å². The average molecular weight is 474 g/mol. The Hall–Kier alpha value is -3.56. The molecule has 0 saturated carbocycles. The van der Waals surface area contributed by atoms with E-state index in [2.05, 4.69) is 54.4 Å². The number of fused-ring (bicyclic) bond motifs is 1. The van der Waals surface area contributed by atoms with Crippen LogP contribution < -0.4 is 10.2 Å². The van der Waals surface area contributed by atoms with Crippen molar-refractivity contribution in [3.63, 3.8) is 0 Å². The predicted molar refractivity (Wildman–Crippen MR) is 142 cm³/mol. The fourth-order valence-corrected chi connectivity index (χ4v) is 4.06. The van der Waals surface area contributed by atoms with Gasteiger partial charge < -0.3 is 19.7 Å². The molecular formula is C29H35N3O3. The number of allylic oxidation sites excluding steroid dienone is 1. The summed E-state index contributed by atoms with van der Waals surface area (Å²) >= 11 is 0. The van der Waals surface area contributed by atoms with E-state index < -0.39 is 12.0 Å². The third-order valence-corrected chi connectivity index (χ3v) is 6.12. The second kappa shape index (κ2) is 12.2. The van der Waals surface area contributed by atoms with Crippen LogP contribution >= 0.6 is 0 Å². The zero-order valence-electron chi connectivity index (χ0n) is 21.1. The van der Waals surface area contributed by atoms with Crippen LogP contribution in [0.25, 0.3) is 27.7 Å². The average Bonchev–Trinajstić information content (AvgIpc) is 3.37. The molecule has 3 aromatic rings. The van der Waals surface area contributed by atoms with E-state index in [9.17, 15) is 15.2 Å². The van der Waals surface area contributed by atoms with Crippen LogP contribution in [0.2, 0.25) is 0 Å². The van der Waals surface area contributed by atoms with Gasteiger partial charge in [-0.25, -0.2) is 0 Å². The number of hydrogen-bond donors (Lipinski definition) is 2. The molecule has 184 valence electrons. The summed E-state index contributed by atoms with van der Waals surface area (Å²) < 4.78 is 6.04. The molecule has 0 aliphatic heterocycles. The molecule has 0 aliphatic carbocycles. The van der Waals surface area contributed by atoms with E-state index in [1.165, 1.54) is 11.1 Å². The Morgan fingerprint density at radius 3 is 2.40 bits per heavy atom. The first-order valence-corrected chi connectivity index (χ1v) is 12.4. The van der Waals surface area contributed by atoms with Crippen molar-refractivity contribution in [2.75, 3.05) is 24.5 Å². The van der Waals surface area contributed by atoms with Crippen LogP contribution in [0, 0.1) is 11.3 Å². The van der Waals surface area contributed by atoms with Gasteiger partial charge in [-0.15, -0.1) is 0 Å². The Labute approximate surface area is 207 Å². The second-order valence-electron chi connectivity index (χ2n) is 8.78. The van der Waals surface area contributed by atoms with Crippen LogP contribution in [0.3, 0.4) is 0 Å². The summed E-state index contributed by atoms with van der Waals surface area (Å²) in [6.45, 7) is 10.1. The number of aliphatic hydroxyl groups is 1. The fraction of sp³-hybridized carbons (Fsp3) is 0.379. The van der Waals surface area contributed by atoms with Gasteiger partial charge in [0.2, 0.25) is 0 Å². The van der Waals surface area contributed by atoms with Crippen molar-refractivity contribution in [1.29, 1.82) is 5.26 Å². The summed E-state index contributed by atoms with van der Waals surface area (Å²) in [5, 5.41) is 24.1. The number of aliphatic hydroxyl groups excluding tert-OH is 1. The molecule has 0 bridgehead atoms. The lowest BCUT2D eigenvalue weighted by Gasteiger charge is -2.24. The number of nitrogens with one attached hydrogen (secondary N) is 1. The minimum atomic E-state index is -0.639. The minimum absolute atomic E-state index is 0.0241. The minimum Gasteiger partial charge on any atom is -0.456 e. The van der Waals surface area contributed by atoms with Gasteiger partial charge in [-0.3, -0.25) is 4.79 Å². The largest absolute Gasteiger partial charge is 0.456 e. The molecule has 1 aromatic heterocycles. The number of furan rings is 1. The number of anilines is 1. The molecule has 35 heavy (non-hydrogen) atoms. The Balaban J connectivity index is 1.85. The quantitative estimate of drug-likeness (QED) is 0.267. The molecule has 3 rings (SSSR count). The smallest absolute Gasteiger partial charge is 0.262 e. The van der Waals surface area contributed by atoms with E-state index in [0.717, 1.165) is 36.9 Å². The van der Waals surface area contributed by atoms with Crippen LogP contribution in [0.4, 0.5) is 5.69 Å². The lowest BCUT2D eigenvalue weighted by molar-refractivity contribution is -0.117. The number of carbonyl (C=O) groups excluding carboxylic acids is 1. The highest BCUT2D eigenvalue weighted by molar-refractivity contribution is 6.04. The maximum atomic E-state index is 12.4. The number of rotatable bonds is 11. The maximum Gasteiger partial charge on any atom is 0.262 e. The van der Waals surface area contributed by atoms with Crippen LogP contribution in [-0.4, -0.2) is 36.8 Å². The second-order valence-corrected chi connectivity index (χ2v) is 8.78. The van der Waals surface area contributed by atoms with Crippen molar-refractivity contribution in [3.8, 4) is 17.4 Å². The number of nitriles is 1. The Kier molecular flexibility index (Phi) is 9.11. The van der Waals surface area contributed by atoms with Crippen LogP contribution in [-0.2, 0) is 4.79 Å². The maximum absolute atomic E-state index is 12.4. The van der Waals surface area contributed by atoms with Gasteiger partial charge in [0.1, 0.15) is 23.2 Å². The normalized spacial score (nSPS) is 12.7. The molecule has 1 atom stereocenters. The van der Waals surface area contributed by atoms with Crippen molar-refractivity contribution < 1.29 is 14.3 Å². The molecule has 2 aromatic carbocycles. The van der Waals surface area contributed by atoms with Gasteiger partial charge in [-0.2, -0.15) is 5.26 Å². The zero-order chi connectivity index (χ0) is 25.4. The SMILES string of the molecule is CCCN(CCC)c1ccc2cc(-c3ccc(/C(C)=C(\C#N)C(=O)NCC(O)CC)o3)ccc2c1. The summed E-state index contributed by atoms with van der Waals surface area (Å²) in [6, 6.07) is 18.4. The van der Waals surface area contributed by atoms with Crippen molar-refractivity contribution in [2.45, 2.75) is 53.1 Å². The molecule has 1 heterocycles. The molecule has 1 amide bonds. The highest BCUT2D eigenvalue weighted by atomic mass is 16.3. The van der Waals surface area contributed by atoms with E-state index in [1.807, 2.05) is 25.1 Å². The first kappa shape index (κ1) is 26.1. The Bertz CT molecular complexity index is 1230. The lowest BCUT2D eigenvalue weighted by atomic mass is 10.0. The molecular weight excluding hydrogens is 438 g/mol. The van der Waals surface area contributed by atoms with E-state index in [1.54, 1.807) is 13.0 Å². The Morgan fingerprint density at radius 2 is 1.74 bits per heavy atom. The first-order valence-electron chi connectivity index (χ1n) is 12.4. The van der Waals surface area contributed by atoms with Crippen molar-refractivity contribution >= 4 is 27.9 Å². The van der Waals surface area contributed by atoms with Gasteiger partial charge in [-0.1, -0.05) is 39.0 Å². The number of benzene rings is 2. The van der Waals surface area contributed by atoms with Crippen LogP contribution in [0.5, 0.6) is 0 Å². The molecule has 0 spiro atoms. The van der Waals surface area contributed by atoms with Gasteiger partial charge in [-0.05, 0) is 67.3 Å². The van der Waals surface area contributed by atoms with Gasteiger partial charge in [0.05, 0.1) is 6.10 Å². The van der Waals surface area contributed by atoms with Gasteiger partial charge in [0.25, 0.3) is 5.91 Å². The topological polar surface area (TPSA) is 89.5 Å². The van der Waals surface area contributed by atoms with Crippen molar-refractivity contribution in [3.05, 3.63) is 59.9 Å². The number of amides is 1. The summed E-state index contributed by atoms with van der Waals surface area (Å²) in [4.78, 5) is 14.9. The molecule has 0 aliphatic rings. The molecule has 0 fully saturated rings.